The molecule has 1 heterocycles. The molecule has 0 saturated carbocycles. The number of sulfonamides is 1. The molecule has 0 aromatic heterocycles. The average molecular weight is 310 g/mol. The molecule has 1 aliphatic rings. The molecule has 21 heavy (non-hydrogen) atoms. The lowest BCUT2D eigenvalue weighted by atomic mass is 10.1. The first-order valence-electron chi connectivity index (χ1n) is 7.20. The summed E-state index contributed by atoms with van der Waals surface area (Å²) in [5.74, 6) is -0.0451. The molecule has 116 valence electrons. The van der Waals surface area contributed by atoms with Crippen LogP contribution in [0.3, 0.4) is 0 Å². The van der Waals surface area contributed by atoms with Crippen molar-refractivity contribution >= 4 is 15.9 Å². The first-order chi connectivity index (χ1) is 9.92. The van der Waals surface area contributed by atoms with Crippen LogP contribution in [0.15, 0.2) is 30.3 Å². The molecule has 0 N–H and O–H groups in total. The molecule has 0 aliphatic carbocycles. The van der Waals surface area contributed by atoms with E-state index in [4.69, 9.17) is 0 Å². The molecule has 2 rings (SSSR count). The van der Waals surface area contributed by atoms with Gasteiger partial charge in [0.1, 0.15) is 6.04 Å². The summed E-state index contributed by atoms with van der Waals surface area (Å²) in [6, 6.07) is 9.24. The maximum absolute atomic E-state index is 12.4. The number of nitrogens with zero attached hydrogens (tertiary/aromatic N) is 2. The number of carbonyl (C=O) groups is 1. The Morgan fingerprint density at radius 2 is 1.86 bits per heavy atom. The van der Waals surface area contributed by atoms with Gasteiger partial charge >= 0.3 is 0 Å². The highest BCUT2D eigenvalue weighted by molar-refractivity contribution is 7.89. The van der Waals surface area contributed by atoms with E-state index in [9.17, 15) is 13.2 Å². The third-order valence-electron chi connectivity index (χ3n) is 3.89. The summed E-state index contributed by atoms with van der Waals surface area (Å²) in [6.45, 7) is 2.50. The minimum Gasteiger partial charge on any atom is -0.343 e. The number of piperazine rings is 1. The smallest absolute Gasteiger partial charge is 0.240 e. The molecule has 1 fully saturated rings. The number of aryl methyl sites for hydroxylation is 1. The zero-order valence-electron chi connectivity index (χ0n) is 12.5. The molecule has 5 nitrogen and oxygen atoms in total. The molecule has 1 saturated heterocycles. The molecule has 0 spiro atoms. The third kappa shape index (κ3) is 3.83. The van der Waals surface area contributed by atoms with Crippen LogP contribution >= 0.6 is 0 Å². The lowest BCUT2D eigenvalue weighted by Gasteiger charge is -2.36. The van der Waals surface area contributed by atoms with Gasteiger partial charge in [0.25, 0.3) is 0 Å². The quantitative estimate of drug-likeness (QED) is 0.818. The lowest BCUT2D eigenvalue weighted by Crippen LogP contribution is -2.56. The van der Waals surface area contributed by atoms with Crippen molar-refractivity contribution in [2.24, 2.45) is 0 Å². The van der Waals surface area contributed by atoms with E-state index < -0.39 is 16.1 Å². The van der Waals surface area contributed by atoms with Gasteiger partial charge in [-0.15, -0.1) is 0 Å². The van der Waals surface area contributed by atoms with Crippen molar-refractivity contribution < 1.29 is 13.2 Å². The topological polar surface area (TPSA) is 57.7 Å². The first-order valence-corrected chi connectivity index (χ1v) is 8.81. The van der Waals surface area contributed by atoms with Gasteiger partial charge < -0.3 is 4.90 Å². The molecule has 1 amide bonds. The van der Waals surface area contributed by atoms with Crippen LogP contribution in [-0.4, -0.2) is 55.5 Å². The second-order valence-electron chi connectivity index (χ2n) is 5.45. The summed E-state index contributed by atoms with van der Waals surface area (Å²) in [4.78, 5) is 13.5. The minimum atomic E-state index is -3.37. The number of benzene rings is 1. The number of amides is 1. The summed E-state index contributed by atoms with van der Waals surface area (Å²) in [7, 11) is -1.67. The van der Waals surface area contributed by atoms with E-state index in [0.29, 0.717) is 19.5 Å². The van der Waals surface area contributed by atoms with Crippen LogP contribution in [0.1, 0.15) is 18.9 Å². The maximum atomic E-state index is 12.4. The Kier molecular flexibility index (Phi) is 5.00. The Balaban J connectivity index is 1.94. The molecular formula is C15H22N2O3S. The molecule has 6 heteroatoms. The predicted octanol–water partition coefficient (Wildman–Crippen LogP) is 1.11. The van der Waals surface area contributed by atoms with Crippen LogP contribution in [0.4, 0.5) is 0 Å². The van der Waals surface area contributed by atoms with Crippen LogP contribution < -0.4 is 0 Å². The van der Waals surface area contributed by atoms with E-state index in [1.54, 1.807) is 18.9 Å². The highest BCUT2D eigenvalue weighted by atomic mass is 32.2. The molecule has 1 unspecified atom stereocenters. The number of hydrogen-bond donors (Lipinski definition) is 0. The molecule has 0 radical (unpaired) electrons. The fraction of sp³-hybridized carbons (Fsp3) is 0.533. The van der Waals surface area contributed by atoms with Crippen molar-refractivity contribution in [3.63, 3.8) is 0 Å². The van der Waals surface area contributed by atoms with E-state index >= 15 is 0 Å². The zero-order valence-corrected chi connectivity index (χ0v) is 13.3. The molecule has 1 aromatic rings. The van der Waals surface area contributed by atoms with Gasteiger partial charge in [-0.05, 0) is 25.3 Å². The van der Waals surface area contributed by atoms with Gasteiger partial charge in [-0.2, -0.15) is 4.31 Å². The van der Waals surface area contributed by atoms with Gasteiger partial charge in [0.15, 0.2) is 0 Å². The van der Waals surface area contributed by atoms with Crippen LogP contribution in [0.5, 0.6) is 0 Å². The Labute approximate surface area is 126 Å². The Morgan fingerprint density at radius 3 is 2.52 bits per heavy atom. The van der Waals surface area contributed by atoms with Crippen molar-refractivity contribution in [2.45, 2.75) is 25.8 Å². The Morgan fingerprint density at radius 1 is 1.19 bits per heavy atom. The Bertz CT molecular complexity index is 586. The second-order valence-corrected chi connectivity index (χ2v) is 7.49. The first kappa shape index (κ1) is 16.0. The highest BCUT2D eigenvalue weighted by Crippen LogP contribution is 2.16. The van der Waals surface area contributed by atoms with Crippen LogP contribution in [0.2, 0.25) is 0 Å². The molecule has 0 bridgehead atoms. The zero-order chi connectivity index (χ0) is 15.5. The van der Waals surface area contributed by atoms with Crippen molar-refractivity contribution in [2.75, 3.05) is 25.9 Å². The molecule has 1 aromatic carbocycles. The van der Waals surface area contributed by atoms with Gasteiger partial charge in [0.05, 0.1) is 5.75 Å². The Hall–Kier alpha value is -1.40. The summed E-state index contributed by atoms with van der Waals surface area (Å²) >= 11 is 0. The SMILES string of the molecule is CC1C(=O)N(C)CCN1S(=O)(=O)CCCc1ccccc1. The number of likely N-dealkylation sites (N-methyl/N-ethyl adjacent to an activating group) is 1. The summed E-state index contributed by atoms with van der Waals surface area (Å²) in [5.41, 5.74) is 1.13. The second kappa shape index (κ2) is 6.58. The predicted molar refractivity (Wildman–Crippen MR) is 82.4 cm³/mol. The minimum absolute atomic E-state index is 0.0865. The van der Waals surface area contributed by atoms with Gasteiger partial charge in [-0.1, -0.05) is 30.3 Å². The summed E-state index contributed by atoms with van der Waals surface area (Å²) < 4.78 is 26.1. The van der Waals surface area contributed by atoms with Crippen molar-refractivity contribution in [1.29, 1.82) is 0 Å². The van der Waals surface area contributed by atoms with E-state index in [1.165, 1.54) is 4.31 Å². The molecular weight excluding hydrogens is 288 g/mol. The van der Waals surface area contributed by atoms with Crippen molar-refractivity contribution in [1.82, 2.24) is 9.21 Å². The number of hydrogen-bond acceptors (Lipinski definition) is 3. The fourth-order valence-corrected chi connectivity index (χ4v) is 4.27. The highest BCUT2D eigenvalue weighted by Gasteiger charge is 2.36. The fourth-order valence-electron chi connectivity index (χ4n) is 2.60. The summed E-state index contributed by atoms with van der Waals surface area (Å²) in [6.07, 6.45) is 1.30. The van der Waals surface area contributed by atoms with E-state index in [1.807, 2.05) is 30.3 Å². The monoisotopic (exact) mass is 310 g/mol. The van der Waals surface area contributed by atoms with Crippen molar-refractivity contribution in [3.8, 4) is 0 Å². The number of rotatable bonds is 5. The van der Waals surface area contributed by atoms with Crippen LogP contribution in [0.25, 0.3) is 0 Å². The van der Waals surface area contributed by atoms with Crippen LogP contribution in [-0.2, 0) is 21.2 Å². The van der Waals surface area contributed by atoms with Gasteiger partial charge in [-0.25, -0.2) is 8.42 Å². The third-order valence-corrected chi connectivity index (χ3v) is 5.91. The standard InChI is InChI=1S/C15H22N2O3S/c1-13-15(18)16(2)10-11-17(13)21(19,20)12-6-9-14-7-4-3-5-8-14/h3-5,7-8,13H,6,9-12H2,1-2H3. The maximum Gasteiger partial charge on any atom is 0.240 e. The molecule has 1 aliphatic heterocycles. The van der Waals surface area contributed by atoms with E-state index in [2.05, 4.69) is 0 Å². The van der Waals surface area contributed by atoms with Gasteiger partial charge in [-0.3, -0.25) is 4.79 Å². The molecule has 1 atom stereocenters. The van der Waals surface area contributed by atoms with Crippen LogP contribution in [0, 0.1) is 0 Å². The largest absolute Gasteiger partial charge is 0.343 e. The summed E-state index contributed by atoms with van der Waals surface area (Å²) in [5, 5.41) is 0. The normalized spacial score (nSPS) is 20.8. The van der Waals surface area contributed by atoms with E-state index in [-0.39, 0.29) is 11.7 Å². The van der Waals surface area contributed by atoms with Crippen molar-refractivity contribution in [3.05, 3.63) is 35.9 Å². The van der Waals surface area contributed by atoms with Gasteiger partial charge in [0.2, 0.25) is 15.9 Å². The van der Waals surface area contributed by atoms with E-state index in [0.717, 1.165) is 12.0 Å². The lowest BCUT2D eigenvalue weighted by molar-refractivity contribution is -0.136. The number of carbonyl (C=O) groups excluding carboxylic acids is 1. The average Bonchev–Trinajstić information content (AvgIpc) is 2.45. The van der Waals surface area contributed by atoms with Gasteiger partial charge in [0, 0.05) is 20.1 Å².